The molecular formula is C13H22N2O2. The molecule has 4 nitrogen and oxygen atoms in total. The van der Waals surface area contributed by atoms with Gasteiger partial charge in [-0.15, -0.1) is 0 Å². The smallest absolute Gasteiger partial charge is 0.223 e. The number of amides is 1. The lowest BCUT2D eigenvalue weighted by Crippen LogP contribution is -2.36. The van der Waals surface area contributed by atoms with E-state index in [0.29, 0.717) is 25.9 Å². The number of rotatable bonds is 8. The Balaban J connectivity index is 2.35. The number of aryl methyl sites for hydroxylation is 1. The van der Waals surface area contributed by atoms with Crippen LogP contribution in [0, 0.1) is 0 Å². The number of nitrogens with two attached hydrogens (primary N) is 1. The molecule has 4 heteroatoms. The number of carbonyl (C=O) groups excluding carboxylic acids is 1. The van der Waals surface area contributed by atoms with Gasteiger partial charge < -0.3 is 15.1 Å². The molecule has 1 amide bonds. The van der Waals surface area contributed by atoms with Gasteiger partial charge in [0, 0.05) is 32.5 Å². The molecule has 0 saturated carbocycles. The molecule has 0 aliphatic rings. The van der Waals surface area contributed by atoms with Gasteiger partial charge in [-0.05, 0) is 18.6 Å². The Morgan fingerprint density at radius 1 is 1.47 bits per heavy atom. The SMILES string of the molecule is CCCCN(CCN)C(=O)CCc1ccco1. The maximum Gasteiger partial charge on any atom is 0.223 e. The van der Waals surface area contributed by atoms with Crippen LogP contribution >= 0.6 is 0 Å². The second kappa shape index (κ2) is 7.90. The summed E-state index contributed by atoms with van der Waals surface area (Å²) >= 11 is 0. The van der Waals surface area contributed by atoms with E-state index in [4.69, 9.17) is 10.2 Å². The monoisotopic (exact) mass is 238 g/mol. The Hall–Kier alpha value is -1.29. The summed E-state index contributed by atoms with van der Waals surface area (Å²) in [6, 6.07) is 3.74. The zero-order valence-electron chi connectivity index (χ0n) is 10.5. The van der Waals surface area contributed by atoms with E-state index in [1.54, 1.807) is 6.26 Å². The van der Waals surface area contributed by atoms with Crippen LogP contribution in [0.2, 0.25) is 0 Å². The van der Waals surface area contributed by atoms with Crippen molar-refractivity contribution in [3.63, 3.8) is 0 Å². The van der Waals surface area contributed by atoms with E-state index in [0.717, 1.165) is 25.1 Å². The van der Waals surface area contributed by atoms with E-state index in [-0.39, 0.29) is 5.91 Å². The van der Waals surface area contributed by atoms with E-state index < -0.39 is 0 Å². The van der Waals surface area contributed by atoms with Crippen LogP contribution in [-0.4, -0.2) is 30.4 Å². The van der Waals surface area contributed by atoms with Gasteiger partial charge in [0.2, 0.25) is 5.91 Å². The first-order valence-corrected chi connectivity index (χ1v) is 6.28. The van der Waals surface area contributed by atoms with Crippen molar-refractivity contribution in [3.8, 4) is 0 Å². The van der Waals surface area contributed by atoms with Crippen molar-refractivity contribution in [1.29, 1.82) is 0 Å². The highest BCUT2D eigenvalue weighted by atomic mass is 16.3. The van der Waals surface area contributed by atoms with Gasteiger partial charge in [-0.2, -0.15) is 0 Å². The first kappa shape index (κ1) is 13.8. The highest BCUT2D eigenvalue weighted by molar-refractivity contribution is 5.76. The summed E-state index contributed by atoms with van der Waals surface area (Å²) < 4.78 is 5.21. The number of carbonyl (C=O) groups is 1. The van der Waals surface area contributed by atoms with E-state index in [2.05, 4.69) is 6.92 Å². The third-order valence-electron chi connectivity index (χ3n) is 2.70. The lowest BCUT2D eigenvalue weighted by Gasteiger charge is -2.21. The fraction of sp³-hybridized carbons (Fsp3) is 0.615. The number of furan rings is 1. The predicted octanol–water partition coefficient (Wildman–Crippen LogP) is 1.80. The van der Waals surface area contributed by atoms with Crippen LogP contribution in [0.15, 0.2) is 22.8 Å². The Morgan fingerprint density at radius 3 is 2.88 bits per heavy atom. The average Bonchev–Trinajstić information content (AvgIpc) is 2.84. The molecule has 0 spiro atoms. The van der Waals surface area contributed by atoms with Crippen LogP contribution in [-0.2, 0) is 11.2 Å². The van der Waals surface area contributed by atoms with Crippen molar-refractivity contribution in [3.05, 3.63) is 24.2 Å². The summed E-state index contributed by atoms with van der Waals surface area (Å²) in [6.45, 7) is 4.10. The minimum absolute atomic E-state index is 0.167. The Labute approximate surface area is 103 Å². The summed E-state index contributed by atoms with van der Waals surface area (Å²) in [5.74, 6) is 1.03. The van der Waals surface area contributed by atoms with Crippen LogP contribution in [0.1, 0.15) is 31.9 Å². The van der Waals surface area contributed by atoms with Crippen LogP contribution in [0.5, 0.6) is 0 Å². The lowest BCUT2D eigenvalue weighted by molar-refractivity contribution is -0.131. The number of unbranched alkanes of at least 4 members (excludes halogenated alkanes) is 1. The van der Waals surface area contributed by atoms with Crippen molar-refractivity contribution < 1.29 is 9.21 Å². The third-order valence-corrected chi connectivity index (χ3v) is 2.70. The van der Waals surface area contributed by atoms with Gasteiger partial charge in [0.25, 0.3) is 0 Å². The van der Waals surface area contributed by atoms with E-state index in [1.807, 2.05) is 17.0 Å². The number of nitrogens with zero attached hydrogens (tertiary/aromatic N) is 1. The molecule has 0 saturated heterocycles. The lowest BCUT2D eigenvalue weighted by atomic mass is 10.2. The molecule has 0 fully saturated rings. The summed E-state index contributed by atoms with van der Waals surface area (Å²) in [5, 5.41) is 0. The summed E-state index contributed by atoms with van der Waals surface area (Å²) in [4.78, 5) is 13.8. The summed E-state index contributed by atoms with van der Waals surface area (Å²) in [5.41, 5.74) is 5.52. The number of hydrogen-bond donors (Lipinski definition) is 1. The highest BCUT2D eigenvalue weighted by Crippen LogP contribution is 2.06. The van der Waals surface area contributed by atoms with Crippen LogP contribution < -0.4 is 5.73 Å². The van der Waals surface area contributed by atoms with Crippen LogP contribution in [0.3, 0.4) is 0 Å². The molecule has 17 heavy (non-hydrogen) atoms. The minimum atomic E-state index is 0.167. The summed E-state index contributed by atoms with van der Waals surface area (Å²) in [6.07, 6.45) is 4.92. The molecule has 0 unspecified atom stereocenters. The first-order valence-electron chi connectivity index (χ1n) is 6.28. The van der Waals surface area contributed by atoms with Crippen LogP contribution in [0.25, 0.3) is 0 Å². The van der Waals surface area contributed by atoms with E-state index in [9.17, 15) is 4.79 Å². The van der Waals surface area contributed by atoms with Gasteiger partial charge in [0.15, 0.2) is 0 Å². The van der Waals surface area contributed by atoms with Crippen LogP contribution in [0.4, 0.5) is 0 Å². The molecule has 0 aliphatic heterocycles. The summed E-state index contributed by atoms with van der Waals surface area (Å²) in [7, 11) is 0. The molecule has 0 bridgehead atoms. The average molecular weight is 238 g/mol. The van der Waals surface area contributed by atoms with Crippen molar-refractivity contribution in [1.82, 2.24) is 4.90 Å². The van der Waals surface area contributed by atoms with E-state index >= 15 is 0 Å². The molecule has 1 aromatic heterocycles. The fourth-order valence-corrected chi connectivity index (χ4v) is 1.71. The van der Waals surface area contributed by atoms with E-state index in [1.165, 1.54) is 0 Å². The van der Waals surface area contributed by atoms with Crippen molar-refractivity contribution >= 4 is 5.91 Å². The normalized spacial score (nSPS) is 10.5. The zero-order chi connectivity index (χ0) is 12.5. The Kier molecular flexibility index (Phi) is 6.40. The van der Waals surface area contributed by atoms with Gasteiger partial charge in [0.05, 0.1) is 6.26 Å². The predicted molar refractivity (Wildman–Crippen MR) is 67.6 cm³/mol. The Bertz CT molecular complexity index is 309. The van der Waals surface area contributed by atoms with Gasteiger partial charge in [0.1, 0.15) is 5.76 Å². The van der Waals surface area contributed by atoms with Crippen molar-refractivity contribution in [2.24, 2.45) is 5.73 Å². The second-order valence-electron chi connectivity index (χ2n) is 4.10. The highest BCUT2D eigenvalue weighted by Gasteiger charge is 2.12. The first-order chi connectivity index (χ1) is 8.27. The second-order valence-corrected chi connectivity index (χ2v) is 4.10. The molecule has 0 radical (unpaired) electrons. The molecular weight excluding hydrogens is 216 g/mol. The molecule has 0 aromatic carbocycles. The standard InChI is InChI=1S/C13H22N2O2/c1-2-3-9-15(10-8-14)13(16)7-6-12-5-4-11-17-12/h4-5,11H,2-3,6-10,14H2,1H3. The molecule has 1 heterocycles. The van der Waals surface area contributed by atoms with Gasteiger partial charge in [-0.25, -0.2) is 0 Å². The maximum absolute atomic E-state index is 12.0. The largest absolute Gasteiger partial charge is 0.469 e. The maximum atomic E-state index is 12.0. The topological polar surface area (TPSA) is 59.5 Å². The quantitative estimate of drug-likeness (QED) is 0.751. The molecule has 1 rings (SSSR count). The molecule has 0 aliphatic carbocycles. The third kappa shape index (κ3) is 5.04. The minimum Gasteiger partial charge on any atom is -0.469 e. The fourth-order valence-electron chi connectivity index (χ4n) is 1.71. The van der Waals surface area contributed by atoms with Gasteiger partial charge >= 0.3 is 0 Å². The molecule has 0 atom stereocenters. The molecule has 2 N–H and O–H groups in total. The van der Waals surface area contributed by atoms with Gasteiger partial charge in [-0.1, -0.05) is 13.3 Å². The van der Waals surface area contributed by atoms with Crippen molar-refractivity contribution in [2.75, 3.05) is 19.6 Å². The van der Waals surface area contributed by atoms with Gasteiger partial charge in [-0.3, -0.25) is 4.79 Å². The van der Waals surface area contributed by atoms with Crippen molar-refractivity contribution in [2.45, 2.75) is 32.6 Å². The molecule has 96 valence electrons. The Morgan fingerprint density at radius 2 is 2.29 bits per heavy atom. The zero-order valence-corrected chi connectivity index (χ0v) is 10.5. The number of hydrogen-bond acceptors (Lipinski definition) is 3. The molecule has 1 aromatic rings.